The molecule has 3 rings (SSSR count). The third kappa shape index (κ3) is 3.46. The van der Waals surface area contributed by atoms with Crippen molar-refractivity contribution in [2.24, 2.45) is 0 Å². The number of hydrogen-bond acceptors (Lipinski definition) is 5. The number of nitrogens with zero attached hydrogens (tertiary/aromatic N) is 4. The number of aromatic nitrogens is 2. The van der Waals surface area contributed by atoms with Crippen molar-refractivity contribution in [2.45, 2.75) is 30.8 Å². The smallest absolute Gasteiger partial charge is 0.246 e. The van der Waals surface area contributed by atoms with Gasteiger partial charge in [0.15, 0.2) is 0 Å². The molecule has 2 aliphatic heterocycles. The van der Waals surface area contributed by atoms with E-state index >= 15 is 0 Å². The minimum Gasteiger partial charge on any atom is -0.314 e. The lowest BCUT2D eigenvalue weighted by atomic mass is 10.2. The fourth-order valence-electron chi connectivity index (χ4n) is 3.07. The van der Waals surface area contributed by atoms with E-state index in [9.17, 15) is 8.42 Å². The lowest BCUT2D eigenvalue weighted by Gasteiger charge is -2.32. The molecular weight excluding hydrogens is 326 g/mol. The summed E-state index contributed by atoms with van der Waals surface area (Å²) >= 11 is 0. The van der Waals surface area contributed by atoms with Gasteiger partial charge in [-0.3, -0.25) is 9.58 Å². The second kappa shape index (κ2) is 7.27. The monoisotopic (exact) mass is 349 g/mol. The summed E-state index contributed by atoms with van der Waals surface area (Å²) in [5.74, 6) is 0. The van der Waals surface area contributed by atoms with Gasteiger partial charge in [0, 0.05) is 58.1 Å². The maximum Gasteiger partial charge on any atom is 0.246 e. The van der Waals surface area contributed by atoms with Crippen LogP contribution in [0.1, 0.15) is 13.3 Å². The summed E-state index contributed by atoms with van der Waals surface area (Å²) in [7, 11) is -3.39. The number of halogens is 1. The maximum absolute atomic E-state index is 12.6. The normalized spacial score (nSPS) is 24.3. The number of rotatable bonds is 4. The molecular formula is C13H24ClN5O2S. The topological polar surface area (TPSA) is 70.5 Å². The second-order valence-electron chi connectivity index (χ2n) is 5.62. The summed E-state index contributed by atoms with van der Waals surface area (Å²) in [6.45, 7) is 7.82. The van der Waals surface area contributed by atoms with E-state index in [1.54, 1.807) is 15.2 Å². The van der Waals surface area contributed by atoms with Gasteiger partial charge in [0.2, 0.25) is 10.0 Å². The molecule has 0 radical (unpaired) electrons. The number of aryl methyl sites for hydroxylation is 1. The Bertz CT molecular complexity index is 585. The van der Waals surface area contributed by atoms with E-state index in [4.69, 9.17) is 0 Å². The van der Waals surface area contributed by atoms with E-state index in [0.717, 1.165) is 32.6 Å². The van der Waals surface area contributed by atoms with Crippen molar-refractivity contribution < 1.29 is 8.42 Å². The van der Waals surface area contributed by atoms with Crippen LogP contribution in [-0.4, -0.2) is 72.7 Å². The van der Waals surface area contributed by atoms with Gasteiger partial charge in [0.25, 0.3) is 0 Å². The molecule has 1 atom stereocenters. The van der Waals surface area contributed by atoms with Crippen LogP contribution in [-0.2, 0) is 16.6 Å². The number of nitrogens with one attached hydrogen (secondary N) is 1. The molecule has 2 aliphatic rings. The van der Waals surface area contributed by atoms with Gasteiger partial charge in [-0.15, -0.1) is 12.4 Å². The molecule has 2 saturated heterocycles. The Morgan fingerprint density at radius 1 is 1.32 bits per heavy atom. The van der Waals surface area contributed by atoms with Crippen molar-refractivity contribution in [1.82, 2.24) is 24.3 Å². The average molecular weight is 350 g/mol. The van der Waals surface area contributed by atoms with Crippen LogP contribution in [0.15, 0.2) is 17.3 Å². The summed E-state index contributed by atoms with van der Waals surface area (Å²) in [5.41, 5.74) is 0. The molecule has 0 saturated carbocycles. The molecule has 0 aromatic carbocycles. The quantitative estimate of drug-likeness (QED) is 0.828. The van der Waals surface area contributed by atoms with Crippen LogP contribution in [0.5, 0.6) is 0 Å². The van der Waals surface area contributed by atoms with E-state index in [2.05, 4.69) is 15.3 Å². The fourth-order valence-corrected chi connectivity index (χ4v) is 4.52. The fraction of sp³-hybridized carbons (Fsp3) is 0.769. The highest BCUT2D eigenvalue weighted by Crippen LogP contribution is 2.23. The lowest BCUT2D eigenvalue weighted by molar-refractivity contribution is 0.179. The van der Waals surface area contributed by atoms with Crippen molar-refractivity contribution in [1.29, 1.82) is 0 Å². The zero-order valence-corrected chi connectivity index (χ0v) is 14.4. The first kappa shape index (κ1) is 17.7. The average Bonchev–Trinajstić information content (AvgIpc) is 3.18. The van der Waals surface area contributed by atoms with E-state index in [0.29, 0.717) is 30.6 Å². The first-order valence-corrected chi connectivity index (χ1v) is 9.02. The van der Waals surface area contributed by atoms with Gasteiger partial charge in [-0.05, 0) is 13.3 Å². The van der Waals surface area contributed by atoms with Crippen LogP contribution in [0, 0.1) is 0 Å². The predicted molar refractivity (Wildman–Crippen MR) is 86.8 cm³/mol. The standard InChI is InChI=1S/C13H23N5O2S.ClH/c1-2-17-11-13(9-15-17)21(19,20)18-6-3-12(10-18)16-7-4-14-5-8-16;/h9,11-12,14H,2-8,10H2,1H3;1H. The highest BCUT2D eigenvalue weighted by molar-refractivity contribution is 7.89. The van der Waals surface area contributed by atoms with Gasteiger partial charge in [-0.1, -0.05) is 0 Å². The van der Waals surface area contributed by atoms with Crippen LogP contribution in [0.25, 0.3) is 0 Å². The lowest BCUT2D eigenvalue weighted by Crippen LogP contribution is -2.49. The van der Waals surface area contributed by atoms with Crippen LogP contribution >= 0.6 is 12.4 Å². The molecule has 7 nitrogen and oxygen atoms in total. The van der Waals surface area contributed by atoms with Gasteiger partial charge >= 0.3 is 0 Å². The Hall–Kier alpha value is -0.670. The molecule has 1 N–H and O–H groups in total. The van der Waals surface area contributed by atoms with Gasteiger partial charge in [-0.2, -0.15) is 9.40 Å². The Morgan fingerprint density at radius 2 is 2.05 bits per heavy atom. The predicted octanol–water partition coefficient (Wildman–Crippen LogP) is -0.00700. The summed E-state index contributed by atoms with van der Waals surface area (Å²) in [4.78, 5) is 2.71. The Morgan fingerprint density at radius 3 is 2.68 bits per heavy atom. The molecule has 0 amide bonds. The molecule has 0 spiro atoms. The number of piperazine rings is 1. The minimum absolute atomic E-state index is 0. The Labute approximate surface area is 138 Å². The summed E-state index contributed by atoms with van der Waals surface area (Å²) < 4.78 is 28.5. The molecule has 1 unspecified atom stereocenters. The van der Waals surface area contributed by atoms with Gasteiger partial charge < -0.3 is 5.32 Å². The van der Waals surface area contributed by atoms with E-state index in [-0.39, 0.29) is 12.4 Å². The molecule has 3 heterocycles. The molecule has 2 fully saturated rings. The highest BCUT2D eigenvalue weighted by Gasteiger charge is 2.36. The van der Waals surface area contributed by atoms with Crippen LogP contribution < -0.4 is 5.32 Å². The largest absolute Gasteiger partial charge is 0.314 e. The van der Waals surface area contributed by atoms with Gasteiger partial charge in [-0.25, -0.2) is 8.42 Å². The first-order valence-electron chi connectivity index (χ1n) is 7.58. The molecule has 0 aliphatic carbocycles. The van der Waals surface area contributed by atoms with Gasteiger partial charge in [0.05, 0.1) is 6.20 Å². The van der Waals surface area contributed by atoms with Crippen molar-refractivity contribution in [2.75, 3.05) is 39.3 Å². The minimum atomic E-state index is -3.39. The van der Waals surface area contributed by atoms with Gasteiger partial charge in [0.1, 0.15) is 4.90 Å². The zero-order chi connectivity index (χ0) is 14.9. The first-order chi connectivity index (χ1) is 10.1. The van der Waals surface area contributed by atoms with Crippen molar-refractivity contribution in [3.8, 4) is 0 Å². The molecule has 9 heteroatoms. The maximum atomic E-state index is 12.6. The van der Waals surface area contributed by atoms with Crippen molar-refractivity contribution >= 4 is 22.4 Å². The number of sulfonamides is 1. The van der Waals surface area contributed by atoms with Crippen LogP contribution in [0.2, 0.25) is 0 Å². The zero-order valence-electron chi connectivity index (χ0n) is 12.8. The molecule has 126 valence electrons. The van der Waals surface area contributed by atoms with E-state index in [1.807, 2.05) is 6.92 Å². The van der Waals surface area contributed by atoms with Crippen molar-refractivity contribution in [3.63, 3.8) is 0 Å². The van der Waals surface area contributed by atoms with E-state index in [1.165, 1.54) is 6.20 Å². The van der Waals surface area contributed by atoms with Crippen LogP contribution in [0.4, 0.5) is 0 Å². The molecule has 0 bridgehead atoms. The Kier molecular flexibility index (Phi) is 5.84. The summed E-state index contributed by atoms with van der Waals surface area (Å²) in [6.07, 6.45) is 3.99. The number of hydrogen-bond donors (Lipinski definition) is 1. The molecule has 1 aromatic rings. The Balaban J connectivity index is 0.00000176. The molecule has 1 aromatic heterocycles. The SMILES string of the molecule is CCn1cc(S(=O)(=O)N2CCC(N3CCNCC3)C2)cn1.Cl. The van der Waals surface area contributed by atoms with E-state index < -0.39 is 10.0 Å². The van der Waals surface area contributed by atoms with Crippen molar-refractivity contribution in [3.05, 3.63) is 12.4 Å². The molecule has 22 heavy (non-hydrogen) atoms. The third-order valence-electron chi connectivity index (χ3n) is 4.37. The highest BCUT2D eigenvalue weighted by atomic mass is 35.5. The summed E-state index contributed by atoms with van der Waals surface area (Å²) in [6, 6.07) is 0.350. The second-order valence-corrected chi connectivity index (χ2v) is 7.56. The summed E-state index contributed by atoms with van der Waals surface area (Å²) in [5, 5.41) is 7.40. The van der Waals surface area contributed by atoms with Crippen LogP contribution in [0.3, 0.4) is 0 Å². The third-order valence-corrected chi connectivity index (χ3v) is 6.18.